The summed E-state index contributed by atoms with van der Waals surface area (Å²) in [5.74, 6) is 0.223. The van der Waals surface area contributed by atoms with Crippen molar-refractivity contribution in [3.63, 3.8) is 0 Å². The van der Waals surface area contributed by atoms with E-state index in [0.717, 1.165) is 35.3 Å². The summed E-state index contributed by atoms with van der Waals surface area (Å²) >= 11 is 1.74. The molecular formula is C35H40N4O4S. The number of carbonyl (C=O) groups is 4. The van der Waals surface area contributed by atoms with E-state index in [1.165, 1.54) is 0 Å². The lowest BCUT2D eigenvalue weighted by Crippen LogP contribution is -2.54. The van der Waals surface area contributed by atoms with Gasteiger partial charge in [-0.05, 0) is 46.3 Å². The van der Waals surface area contributed by atoms with E-state index in [2.05, 4.69) is 16.0 Å². The molecule has 2 aliphatic heterocycles. The van der Waals surface area contributed by atoms with Crippen molar-refractivity contribution in [3.8, 4) is 0 Å². The molecule has 0 aliphatic carbocycles. The van der Waals surface area contributed by atoms with Crippen molar-refractivity contribution in [3.05, 3.63) is 107 Å². The highest BCUT2D eigenvalue weighted by atomic mass is 32.2. The average Bonchev–Trinajstić information content (AvgIpc) is 3.19. The monoisotopic (exact) mass is 612 g/mol. The summed E-state index contributed by atoms with van der Waals surface area (Å²) in [7, 11) is 0. The molecule has 0 bridgehead atoms. The van der Waals surface area contributed by atoms with Gasteiger partial charge in [0.15, 0.2) is 0 Å². The Labute approximate surface area is 263 Å². The maximum Gasteiger partial charge on any atom is 0.247 e. The Morgan fingerprint density at radius 2 is 1.48 bits per heavy atom. The van der Waals surface area contributed by atoms with Gasteiger partial charge in [0, 0.05) is 19.5 Å². The summed E-state index contributed by atoms with van der Waals surface area (Å²) in [4.78, 5) is 54.5. The Morgan fingerprint density at radius 1 is 0.864 bits per heavy atom. The van der Waals surface area contributed by atoms with Gasteiger partial charge in [0.2, 0.25) is 23.6 Å². The second-order valence-electron chi connectivity index (χ2n) is 12.2. The zero-order valence-corrected chi connectivity index (χ0v) is 26.1. The molecule has 44 heavy (non-hydrogen) atoms. The van der Waals surface area contributed by atoms with Crippen molar-refractivity contribution >= 4 is 35.4 Å². The molecule has 0 aromatic heterocycles. The lowest BCUT2D eigenvalue weighted by atomic mass is 9.84. The van der Waals surface area contributed by atoms with Crippen molar-refractivity contribution in [2.45, 2.75) is 70.1 Å². The second-order valence-corrected chi connectivity index (χ2v) is 13.4. The van der Waals surface area contributed by atoms with E-state index in [0.29, 0.717) is 24.9 Å². The summed E-state index contributed by atoms with van der Waals surface area (Å²) in [5, 5.41) is 8.90. The molecule has 0 saturated carbocycles. The molecule has 3 atom stereocenters. The Morgan fingerprint density at radius 3 is 2.14 bits per heavy atom. The predicted octanol–water partition coefficient (Wildman–Crippen LogP) is 4.50. The lowest BCUT2D eigenvalue weighted by molar-refractivity contribution is -0.142. The Kier molecular flexibility index (Phi) is 10.0. The van der Waals surface area contributed by atoms with Gasteiger partial charge in [-0.2, -0.15) is 0 Å². The van der Waals surface area contributed by atoms with Gasteiger partial charge in [0.25, 0.3) is 0 Å². The fourth-order valence-electron chi connectivity index (χ4n) is 5.98. The quantitative estimate of drug-likeness (QED) is 0.313. The minimum atomic E-state index is -0.910. The van der Waals surface area contributed by atoms with E-state index in [1.54, 1.807) is 16.7 Å². The zero-order chi connectivity index (χ0) is 31.1. The Balaban J connectivity index is 1.21. The fraction of sp³-hybridized carbons (Fsp3) is 0.371. The number of nitrogens with zero attached hydrogens (tertiary/aromatic N) is 1. The molecule has 5 rings (SSSR count). The van der Waals surface area contributed by atoms with Gasteiger partial charge in [-0.15, -0.1) is 11.8 Å². The number of fused-ring (bicyclic) bond motifs is 1. The summed E-state index contributed by atoms with van der Waals surface area (Å²) < 4.78 is 0. The van der Waals surface area contributed by atoms with E-state index < -0.39 is 17.5 Å². The number of benzene rings is 3. The largest absolute Gasteiger partial charge is 0.352 e. The van der Waals surface area contributed by atoms with Crippen molar-refractivity contribution < 1.29 is 19.2 Å². The number of nitrogens with one attached hydrogen (secondary N) is 3. The van der Waals surface area contributed by atoms with Gasteiger partial charge in [0.1, 0.15) is 12.1 Å². The van der Waals surface area contributed by atoms with Gasteiger partial charge in [-0.3, -0.25) is 19.2 Å². The first-order chi connectivity index (χ1) is 21.2. The number of thioether (sulfide) groups is 1. The average molecular weight is 613 g/mol. The SMILES string of the molecule is CC1(C)C[C@@H]2SCCCC(=O)N2[C@@H]1C(=O)N[C@H](C(=O)NCc1ccc(CNC(=O)Cc2ccccc2)cc1)c1ccccc1. The number of hydrogen-bond donors (Lipinski definition) is 3. The molecular weight excluding hydrogens is 572 g/mol. The molecule has 230 valence electrons. The van der Waals surface area contributed by atoms with Crippen LogP contribution in [0.15, 0.2) is 84.9 Å². The van der Waals surface area contributed by atoms with Crippen LogP contribution in [-0.2, 0) is 38.7 Å². The molecule has 2 aliphatic rings. The minimum absolute atomic E-state index is 0.00523. The fourth-order valence-corrected chi connectivity index (χ4v) is 7.51. The van der Waals surface area contributed by atoms with E-state index in [1.807, 2.05) is 98.8 Å². The Hall–Kier alpha value is -4.11. The van der Waals surface area contributed by atoms with Crippen LogP contribution in [0.3, 0.4) is 0 Å². The minimum Gasteiger partial charge on any atom is -0.352 e. The molecule has 4 amide bonds. The van der Waals surface area contributed by atoms with Gasteiger partial charge in [0.05, 0.1) is 11.8 Å². The molecule has 3 aromatic rings. The number of rotatable bonds is 10. The first kappa shape index (κ1) is 31.3. The number of amides is 4. The molecule has 0 unspecified atom stereocenters. The van der Waals surface area contributed by atoms with E-state index in [-0.39, 0.29) is 35.5 Å². The summed E-state index contributed by atoms with van der Waals surface area (Å²) in [6, 6.07) is 24.9. The third kappa shape index (κ3) is 7.69. The topological polar surface area (TPSA) is 108 Å². The van der Waals surface area contributed by atoms with Crippen LogP contribution in [0.1, 0.15) is 61.4 Å². The van der Waals surface area contributed by atoms with Crippen molar-refractivity contribution in [2.24, 2.45) is 5.41 Å². The normalized spacial score (nSPS) is 19.8. The second kappa shape index (κ2) is 14.1. The van der Waals surface area contributed by atoms with Gasteiger partial charge in [-0.1, -0.05) is 98.8 Å². The zero-order valence-electron chi connectivity index (χ0n) is 25.3. The van der Waals surface area contributed by atoms with Crippen molar-refractivity contribution in [1.82, 2.24) is 20.9 Å². The van der Waals surface area contributed by atoms with Crippen LogP contribution in [0.5, 0.6) is 0 Å². The molecule has 3 aromatic carbocycles. The van der Waals surface area contributed by atoms with Gasteiger partial charge in [-0.25, -0.2) is 0 Å². The van der Waals surface area contributed by atoms with Gasteiger partial charge >= 0.3 is 0 Å². The maximum absolute atomic E-state index is 13.9. The van der Waals surface area contributed by atoms with Crippen LogP contribution < -0.4 is 16.0 Å². The highest BCUT2D eigenvalue weighted by molar-refractivity contribution is 7.99. The first-order valence-electron chi connectivity index (χ1n) is 15.2. The van der Waals surface area contributed by atoms with Crippen LogP contribution in [0.4, 0.5) is 0 Å². The molecule has 9 heteroatoms. The maximum atomic E-state index is 13.9. The smallest absolute Gasteiger partial charge is 0.247 e. The van der Waals surface area contributed by atoms with E-state index in [4.69, 9.17) is 0 Å². The molecule has 8 nitrogen and oxygen atoms in total. The highest BCUT2D eigenvalue weighted by Gasteiger charge is 2.53. The molecule has 0 radical (unpaired) electrons. The highest BCUT2D eigenvalue weighted by Crippen LogP contribution is 2.46. The van der Waals surface area contributed by atoms with Crippen LogP contribution in [0.25, 0.3) is 0 Å². The van der Waals surface area contributed by atoms with Gasteiger partial charge < -0.3 is 20.9 Å². The van der Waals surface area contributed by atoms with E-state index >= 15 is 0 Å². The van der Waals surface area contributed by atoms with Crippen LogP contribution >= 0.6 is 11.8 Å². The van der Waals surface area contributed by atoms with Crippen LogP contribution in [-0.4, -0.2) is 45.7 Å². The van der Waals surface area contributed by atoms with Crippen LogP contribution in [0, 0.1) is 5.41 Å². The molecule has 3 N–H and O–H groups in total. The number of hydrogen-bond acceptors (Lipinski definition) is 5. The lowest BCUT2D eigenvalue weighted by Gasteiger charge is -2.33. The summed E-state index contributed by atoms with van der Waals surface area (Å²) in [5.41, 5.74) is 3.06. The number of carbonyl (C=O) groups excluding carboxylic acids is 4. The molecule has 2 saturated heterocycles. The molecule has 0 spiro atoms. The Bertz CT molecular complexity index is 1460. The summed E-state index contributed by atoms with van der Waals surface area (Å²) in [6.07, 6.45) is 2.31. The van der Waals surface area contributed by atoms with Crippen LogP contribution in [0.2, 0.25) is 0 Å². The van der Waals surface area contributed by atoms with Crippen molar-refractivity contribution in [1.29, 1.82) is 0 Å². The third-order valence-corrected chi connectivity index (χ3v) is 9.58. The molecule has 2 fully saturated rings. The molecule has 2 heterocycles. The van der Waals surface area contributed by atoms with E-state index in [9.17, 15) is 19.2 Å². The van der Waals surface area contributed by atoms with Crippen molar-refractivity contribution in [2.75, 3.05) is 5.75 Å². The third-order valence-electron chi connectivity index (χ3n) is 8.28. The standard InChI is InChI=1S/C35H40N4O4S/c1-35(2)21-30-39(29(41)14-9-19-44-30)32(35)34(43)38-31(27-12-7-4-8-13-27)33(42)37-23-26-17-15-25(16-18-26)22-36-28(40)20-24-10-5-3-6-11-24/h3-8,10-13,15-18,30-32H,9,14,19-23H2,1-2H3,(H,36,40)(H,37,42)(H,38,43)/t30-,31-,32+/m0/s1. The first-order valence-corrected chi connectivity index (χ1v) is 16.2. The summed E-state index contributed by atoms with van der Waals surface area (Å²) in [6.45, 7) is 4.74. The predicted molar refractivity (Wildman–Crippen MR) is 172 cm³/mol.